The molecule has 0 fully saturated rings. The van der Waals surface area contributed by atoms with Gasteiger partial charge in [0.05, 0.1) is 0 Å². The van der Waals surface area contributed by atoms with Crippen LogP contribution in [0.4, 0.5) is 0 Å². The Morgan fingerprint density at radius 3 is 0.825 bits per heavy atom. The van der Waals surface area contributed by atoms with Crippen LogP contribution in [0.5, 0.6) is 0 Å². The lowest BCUT2D eigenvalue weighted by Gasteiger charge is -2.18. The minimum absolute atomic E-state index is 0.0904. The second-order valence-electron chi connectivity index (χ2n) is 23.4. The van der Waals surface area contributed by atoms with Crippen LogP contribution < -0.4 is 0 Å². The van der Waals surface area contributed by atoms with Gasteiger partial charge in [-0.05, 0) is 83.5 Å². The van der Waals surface area contributed by atoms with Crippen molar-refractivity contribution < 1.29 is 28.6 Å². The molecule has 0 heterocycles. The highest BCUT2D eigenvalue weighted by Crippen LogP contribution is 2.18. The average molecular weight is 1120 g/mol. The highest BCUT2D eigenvalue weighted by atomic mass is 16.6. The monoisotopic (exact) mass is 1120 g/mol. The van der Waals surface area contributed by atoms with Gasteiger partial charge in [-0.3, -0.25) is 14.4 Å². The van der Waals surface area contributed by atoms with Crippen LogP contribution in [0, 0.1) is 0 Å². The largest absolute Gasteiger partial charge is 0.462 e. The van der Waals surface area contributed by atoms with E-state index in [4.69, 9.17) is 14.2 Å². The summed E-state index contributed by atoms with van der Waals surface area (Å²) in [5.74, 6) is -0.932. The number of allylic oxidation sites excluding steroid dienone is 12. The van der Waals surface area contributed by atoms with Crippen molar-refractivity contribution in [3.05, 3.63) is 72.9 Å². The maximum atomic E-state index is 13.0. The number of esters is 3. The van der Waals surface area contributed by atoms with Crippen molar-refractivity contribution in [3.63, 3.8) is 0 Å². The second kappa shape index (κ2) is 68.3. The zero-order valence-electron chi connectivity index (χ0n) is 53.3. The molecule has 0 aromatic rings. The normalized spacial score (nSPS) is 12.5. The van der Waals surface area contributed by atoms with Crippen LogP contribution in [0.15, 0.2) is 72.9 Å². The van der Waals surface area contributed by atoms with Gasteiger partial charge < -0.3 is 14.2 Å². The fourth-order valence-corrected chi connectivity index (χ4v) is 10.2. The zero-order chi connectivity index (χ0) is 57.8. The Kier molecular flexibility index (Phi) is 65.7. The SMILES string of the molecule is CC/C=C\C/C=C\C/C=C\C/C=C\C/C=C\CCCC(=O)OCC(COC(=O)CCCCCCCCCCCCCCCCCCCCCCCCCC)OC(=O)CCCCCCCCCCC/C=C\CCCCCCCCCC. The van der Waals surface area contributed by atoms with E-state index in [2.05, 4.69) is 93.7 Å². The summed E-state index contributed by atoms with van der Waals surface area (Å²) in [5, 5.41) is 0. The molecule has 0 amide bonds. The van der Waals surface area contributed by atoms with E-state index in [1.807, 2.05) is 0 Å². The maximum Gasteiger partial charge on any atom is 0.306 e. The molecule has 0 aliphatic carbocycles. The van der Waals surface area contributed by atoms with E-state index in [-0.39, 0.29) is 37.5 Å². The van der Waals surface area contributed by atoms with Gasteiger partial charge in [-0.25, -0.2) is 0 Å². The predicted molar refractivity (Wildman–Crippen MR) is 348 cm³/mol. The van der Waals surface area contributed by atoms with Gasteiger partial charge in [0.2, 0.25) is 0 Å². The first-order chi connectivity index (χ1) is 39.5. The number of carbonyl (C=O) groups is 3. The molecule has 6 heteroatoms. The third kappa shape index (κ3) is 65.7. The smallest absolute Gasteiger partial charge is 0.306 e. The van der Waals surface area contributed by atoms with Crippen LogP contribution in [0.3, 0.4) is 0 Å². The number of hydrogen-bond acceptors (Lipinski definition) is 6. The summed E-state index contributed by atoms with van der Waals surface area (Å²) < 4.78 is 16.9. The van der Waals surface area contributed by atoms with E-state index in [1.54, 1.807) is 0 Å². The number of carbonyl (C=O) groups excluding carboxylic acids is 3. The van der Waals surface area contributed by atoms with E-state index in [1.165, 1.54) is 238 Å². The van der Waals surface area contributed by atoms with Gasteiger partial charge in [0.1, 0.15) is 13.2 Å². The highest BCUT2D eigenvalue weighted by Gasteiger charge is 2.19. The molecule has 0 aliphatic rings. The van der Waals surface area contributed by atoms with E-state index >= 15 is 0 Å². The van der Waals surface area contributed by atoms with Crippen molar-refractivity contribution in [2.75, 3.05) is 13.2 Å². The summed E-state index contributed by atoms with van der Waals surface area (Å²) in [6.45, 7) is 6.54. The van der Waals surface area contributed by atoms with Crippen LogP contribution >= 0.6 is 0 Å². The Balaban J connectivity index is 4.36. The lowest BCUT2D eigenvalue weighted by atomic mass is 10.0. The number of hydrogen-bond donors (Lipinski definition) is 0. The maximum absolute atomic E-state index is 13.0. The van der Waals surface area contributed by atoms with Crippen LogP contribution in [0.25, 0.3) is 0 Å². The number of ether oxygens (including phenoxy) is 3. The average Bonchev–Trinajstić information content (AvgIpc) is 3.46. The second-order valence-corrected chi connectivity index (χ2v) is 23.4. The molecule has 0 radical (unpaired) electrons. The quantitative estimate of drug-likeness (QED) is 0.0261. The molecular weight excluding hydrogens is 985 g/mol. The van der Waals surface area contributed by atoms with Crippen molar-refractivity contribution in [3.8, 4) is 0 Å². The Labute approximate surface area is 497 Å². The van der Waals surface area contributed by atoms with Gasteiger partial charge in [0, 0.05) is 19.3 Å². The van der Waals surface area contributed by atoms with Crippen LogP contribution in [0.2, 0.25) is 0 Å². The van der Waals surface area contributed by atoms with Gasteiger partial charge >= 0.3 is 17.9 Å². The number of unbranched alkanes of at least 4 members (excludes halogenated alkanes) is 41. The van der Waals surface area contributed by atoms with Crippen molar-refractivity contribution in [1.82, 2.24) is 0 Å². The zero-order valence-corrected chi connectivity index (χ0v) is 53.3. The van der Waals surface area contributed by atoms with E-state index in [0.717, 1.165) is 77.0 Å². The standard InChI is InChI=1S/C74H132O6/c1-4-7-10-13-16-19-22-25-28-31-33-35-36-37-39-40-43-46-49-52-55-58-61-64-67-73(76)79-70-71(69-78-72(75)66-63-60-57-54-51-48-45-42-30-27-24-21-18-15-12-9-6-3)80-74(77)68-65-62-59-56-53-50-47-44-41-38-34-32-29-26-23-20-17-14-11-8-5-2/h9,12,18,21,27,30,32,34,45,48,54,57,71H,4-8,10-11,13-17,19-20,22-26,28-29,31,33,35-44,46-47,49-53,55-56,58-70H2,1-3H3/b12-9-,21-18-,30-27-,34-32-,48-45-,57-54-. The topological polar surface area (TPSA) is 78.9 Å². The molecule has 0 saturated carbocycles. The summed E-state index contributed by atoms with van der Waals surface area (Å²) in [6.07, 6.45) is 89.4. The summed E-state index contributed by atoms with van der Waals surface area (Å²) in [5.41, 5.74) is 0. The Morgan fingerprint density at radius 1 is 0.263 bits per heavy atom. The molecule has 0 aromatic heterocycles. The molecule has 1 atom stereocenters. The van der Waals surface area contributed by atoms with Crippen LogP contribution in [-0.4, -0.2) is 37.2 Å². The molecule has 464 valence electrons. The van der Waals surface area contributed by atoms with Crippen molar-refractivity contribution in [2.45, 2.75) is 367 Å². The summed E-state index contributed by atoms with van der Waals surface area (Å²) in [4.78, 5) is 38.4. The molecule has 0 aliphatic heterocycles. The molecular formula is C74H132O6. The fourth-order valence-electron chi connectivity index (χ4n) is 10.2. The lowest BCUT2D eigenvalue weighted by Crippen LogP contribution is -2.30. The van der Waals surface area contributed by atoms with Crippen molar-refractivity contribution in [1.29, 1.82) is 0 Å². The summed E-state index contributed by atoms with van der Waals surface area (Å²) in [6, 6.07) is 0. The summed E-state index contributed by atoms with van der Waals surface area (Å²) >= 11 is 0. The fraction of sp³-hybridized carbons (Fsp3) is 0.797. The van der Waals surface area contributed by atoms with E-state index < -0.39 is 6.10 Å². The third-order valence-electron chi connectivity index (χ3n) is 15.4. The molecule has 1 unspecified atom stereocenters. The van der Waals surface area contributed by atoms with Gasteiger partial charge in [-0.15, -0.1) is 0 Å². The van der Waals surface area contributed by atoms with E-state index in [9.17, 15) is 14.4 Å². The minimum Gasteiger partial charge on any atom is -0.462 e. The highest BCUT2D eigenvalue weighted by molar-refractivity contribution is 5.71. The Bertz CT molecular complexity index is 1470. The molecule has 0 spiro atoms. The van der Waals surface area contributed by atoms with Crippen LogP contribution in [-0.2, 0) is 28.6 Å². The van der Waals surface area contributed by atoms with Gasteiger partial charge in [-0.2, -0.15) is 0 Å². The lowest BCUT2D eigenvalue weighted by molar-refractivity contribution is -0.167. The van der Waals surface area contributed by atoms with Gasteiger partial charge in [0.25, 0.3) is 0 Å². The third-order valence-corrected chi connectivity index (χ3v) is 15.4. The van der Waals surface area contributed by atoms with Gasteiger partial charge in [-0.1, -0.05) is 331 Å². The first-order valence-electron chi connectivity index (χ1n) is 34.9. The molecule has 6 nitrogen and oxygen atoms in total. The minimum atomic E-state index is -0.800. The van der Waals surface area contributed by atoms with Crippen molar-refractivity contribution in [2.24, 2.45) is 0 Å². The van der Waals surface area contributed by atoms with Gasteiger partial charge in [0.15, 0.2) is 6.10 Å². The van der Waals surface area contributed by atoms with E-state index in [0.29, 0.717) is 19.3 Å². The molecule has 0 aromatic carbocycles. The first kappa shape index (κ1) is 76.9. The van der Waals surface area contributed by atoms with Crippen LogP contribution in [0.1, 0.15) is 361 Å². The molecule has 0 rings (SSSR count). The summed E-state index contributed by atoms with van der Waals surface area (Å²) in [7, 11) is 0. The molecule has 80 heavy (non-hydrogen) atoms. The first-order valence-corrected chi connectivity index (χ1v) is 34.9. The molecule has 0 bridgehead atoms. The Morgan fingerprint density at radius 2 is 0.500 bits per heavy atom. The van der Waals surface area contributed by atoms with Crippen molar-refractivity contribution >= 4 is 17.9 Å². The predicted octanol–water partition coefficient (Wildman–Crippen LogP) is 24.1. The molecule has 0 N–H and O–H groups in total. The number of rotatable bonds is 64. The Hall–Kier alpha value is -3.15. The molecule has 0 saturated heterocycles.